The molecule has 0 radical (unpaired) electrons. The number of aryl methyl sites for hydroxylation is 1. The summed E-state index contributed by atoms with van der Waals surface area (Å²) in [7, 11) is 1.43. The van der Waals surface area contributed by atoms with Crippen molar-refractivity contribution < 1.29 is 14.3 Å². The molecular formula is C14H20O3S. The summed E-state index contributed by atoms with van der Waals surface area (Å²) in [6.07, 6.45) is 7.97. The zero-order chi connectivity index (χ0) is 13.2. The molecular weight excluding hydrogens is 248 g/mol. The second-order valence-corrected chi connectivity index (χ2v) is 5.47. The van der Waals surface area contributed by atoms with Crippen LogP contribution in [-0.2, 0) is 16.0 Å². The molecule has 0 spiro atoms. The summed E-state index contributed by atoms with van der Waals surface area (Å²) in [5.41, 5.74) is 0. The summed E-state index contributed by atoms with van der Waals surface area (Å²) in [5, 5.41) is 0. The lowest BCUT2D eigenvalue weighted by molar-refractivity contribution is -0.140. The summed E-state index contributed by atoms with van der Waals surface area (Å²) < 4.78 is 4.58. The van der Waals surface area contributed by atoms with Crippen LogP contribution in [0.5, 0.6) is 0 Å². The Labute approximate surface area is 112 Å². The van der Waals surface area contributed by atoms with Crippen LogP contribution in [0.1, 0.15) is 53.1 Å². The molecule has 100 valence electrons. The fraction of sp³-hybridized carbons (Fsp3) is 0.571. The third-order valence-corrected chi connectivity index (χ3v) is 3.90. The predicted molar refractivity (Wildman–Crippen MR) is 73.1 cm³/mol. The lowest BCUT2D eigenvalue weighted by atomic mass is 10.1. The maximum atomic E-state index is 10.9. The molecule has 4 heteroatoms. The molecule has 0 atom stereocenters. The fourth-order valence-corrected chi connectivity index (χ4v) is 2.66. The summed E-state index contributed by atoms with van der Waals surface area (Å²) >= 11 is 1.58. The van der Waals surface area contributed by atoms with Crippen LogP contribution < -0.4 is 0 Å². The van der Waals surface area contributed by atoms with E-state index in [-0.39, 0.29) is 5.97 Å². The van der Waals surface area contributed by atoms with Crippen LogP contribution in [-0.4, -0.2) is 19.4 Å². The van der Waals surface area contributed by atoms with E-state index in [4.69, 9.17) is 0 Å². The number of esters is 1. The molecule has 0 bridgehead atoms. The van der Waals surface area contributed by atoms with Crippen LogP contribution in [0.3, 0.4) is 0 Å². The van der Waals surface area contributed by atoms with E-state index >= 15 is 0 Å². The standard InChI is InChI=1S/C14H20O3S/c1-17-14(16)8-6-4-2-3-5-7-12-9-10-13(11-15)18-12/h9-11H,2-8H2,1H3. The Morgan fingerprint density at radius 3 is 2.61 bits per heavy atom. The quantitative estimate of drug-likeness (QED) is 0.390. The first kappa shape index (κ1) is 14.9. The molecule has 3 nitrogen and oxygen atoms in total. The normalized spacial score (nSPS) is 10.3. The van der Waals surface area contributed by atoms with Crippen LogP contribution >= 0.6 is 11.3 Å². The molecule has 0 unspecified atom stereocenters. The molecule has 0 saturated heterocycles. The third-order valence-electron chi connectivity index (χ3n) is 2.83. The van der Waals surface area contributed by atoms with Crippen LogP contribution in [0.25, 0.3) is 0 Å². The second-order valence-electron chi connectivity index (χ2n) is 4.27. The van der Waals surface area contributed by atoms with Gasteiger partial charge in [-0.25, -0.2) is 0 Å². The van der Waals surface area contributed by atoms with Crippen molar-refractivity contribution in [3.05, 3.63) is 21.9 Å². The number of methoxy groups -OCH3 is 1. The Balaban J connectivity index is 1.98. The van der Waals surface area contributed by atoms with Gasteiger partial charge in [-0.2, -0.15) is 0 Å². The summed E-state index contributed by atoms with van der Waals surface area (Å²) in [6.45, 7) is 0. The minimum Gasteiger partial charge on any atom is -0.469 e. The highest BCUT2D eigenvalue weighted by molar-refractivity contribution is 7.13. The molecule has 0 saturated carbocycles. The molecule has 1 aromatic rings. The van der Waals surface area contributed by atoms with Gasteiger partial charge in [0.05, 0.1) is 12.0 Å². The maximum absolute atomic E-state index is 10.9. The molecule has 1 aromatic heterocycles. The molecule has 0 aliphatic carbocycles. The van der Waals surface area contributed by atoms with Gasteiger partial charge in [0, 0.05) is 11.3 Å². The Hall–Kier alpha value is -1.16. The largest absolute Gasteiger partial charge is 0.469 e. The first-order valence-electron chi connectivity index (χ1n) is 6.37. The Morgan fingerprint density at radius 2 is 1.94 bits per heavy atom. The SMILES string of the molecule is COC(=O)CCCCCCCc1ccc(C=O)s1. The van der Waals surface area contributed by atoms with E-state index in [0.29, 0.717) is 6.42 Å². The van der Waals surface area contributed by atoms with Gasteiger partial charge in [-0.1, -0.05) is 19.3 Å². The molecule has 0 amide bonds. The average Bonchev–Trinajstić information content (AvgIpc) is 2.85. The highest BCUT2D eigenvalue weighted by Crippen LogP contribution is 2.17. The van der Waals surface area contributed by atoms with Gasteiger partial charge in [0.15, 0.2) is 6.29 Å². The van der Waals surface area contributed by atoms with Gasteiger partial charge in [-0.05, 0) is 31.4 Å². The van der Waals surface area contributed by atoms with Gasteiger partial charge in [-0.3, -0.25) is 9.59 Å². The molecule has 1 rings (SSSR count). The van der Waals surface area contributed by atoms with Crippen LogP contribution in [0.15, 0.2) is 12.1 Å². The third kappa shape index (κ3) is 5.96. The predicted octanol–water partition coefficient (Wildman–Crippen LogP) is 3.62. The van der Waals surface area contributed by atoms with Crippen molar-refractivity contribution in [2.45, 2.75) is 44.9 Å². The summed E-state index contributed by atoms with van der Waals surface area (Å²) in [5.74, 6) is -0.116. The number of aldehydes is 1. The number of thiophene rings is 1. The van der Waals surface area contributed by atoms with E-state index in [0.717, 1.165) is 43.3 Å². The number of hydrogen-bond acceptors (Lipinski definition) is 4. The highest BCUT2D eigenvalue weighted by Gasteiger charge is 2.01. The minimum atomic E-state index is -0.116. The highest BCUT2D eigenvalue weighted by atomic mass is 32.1. The van der Waals surface area contributed by atoms with Crippen molar-refractivity contribution >= 4 is 23.6 Å². The van der Waals surface area contributed by atoms with Gasteiger partial charge in [-0.15, -0.1) is 11.3 Å². The first-order chi connectivity index (χ1) is 8.76. The van der Waals surface area contributed by atoms with Crippen molar-refractivity contribution in [3.8, 4) is 0 Å². The van der Waals surface area contributed by atoms with Crippen molar-refractivity contribution in [3.63, 3.8) is 0 Å². The molecule has 0 fully saturated rings. The number of rotatable bonds is 9. The fourth-order valence-electron chi connectivity index (χ4n) is 1.79. The van der Waals surface area contributed by atoms with E-state index in [1.807, 2.05) is 12.1 Å². The van der Waals surface area contributed by atoms with Gasteiger partial charge in [0.2, 0.25) is 0 Å². The van der Waals surface area contributed by atoms with Gasteiger partial charge in [0.1, 0.15) is 0 Å². The lowest BCUT2D eigenvalue weighted by Gasteiger charge is -2.00. The van der Waals surface area contributed by atoms with Crippen molar-refractivity contribution in [1.82, 2.24) is 0 Å². The Bertz CT molecular complexity index is 371. The molecule has 1 heterocycles. The Morgan fingerprint density at radius 1 is 1.22 bits per heavy atom. The van der Waals surface area contributed by atoms with E-state index in [1.54, 1.807) is 11.3 Å². The van der Waals surface area contributed by atoms with Crippen molar-refractivity contribution in [2.75, 3.05) is 7.11 Å². The van der Waals surface area contributed by atoms with Crippen LogP contribution in [0, 0.1) is 0 Å². The van der Waals surface area contributed by atoms with Crippen LogP contribution in [0.4, 0.5) is 0 Å². The molecule has 0 aromatic carbocycles. The number of carbonyl (C=O) groups is 2. The van der Waals surface area contributed by atoms with Gasteiger partial charge >= 0.3 is 5.97 Å². The summed E-state index contributed by atoms with van der Waals surface area (Å²) in [6, 6.07) is 3.91. The monoisotopic (exact) mass is 268 g/mol. The minimum absolute atomic E-state index is 0.116. The lowest BCUT2D eigenvalue weighted by Crippen LogP contribution is -1.99. The number of carbonyl (C=O) groups excluding carboxylic acids is 2. The number of unbranched alkanes of at least 4 members (excludes halogenated alkanes) is 4. The zero-order valence-electron chi connectivity index (χ0n) is 10.8. The molecule has 18 heavy (non-hydrogen) atoms. The number of hydrogen-bond donors (Lipinski definition) is 0. The van der Waals surface area contributed by atoms with Gasteiger partial charge in [0.25, 0.3) is 0 Å². The first-order valence-corrected chi connectivity index (χ1v) is 7.18. The topological polar surface area (TPSA) is 43.4 Å². The zero-order valence-corrected chi connectivity index (χ0v) is 11.6. The van der Waals surface area contributed by atoms with Crippen molar-refractivity contribution in [2.24, 2.45) is 0 Å². The van der Waals surface area contributed by atoms with E-state index in [9.17, 15) is 9.59 Å². The van der Waals surface area contributed by atoms with Crippen LogP contribution in [0.2, 0.25) is 0 Å². The summed E-state index contributed by atoms with van der Waals surface area (Å²) in [4.78, 5) is 23.5. The average molecular weight is 268 g/mol. The van der Waals surface area contributed by atoms with E-state index in [1.165, 1.54) is 18.4 Å². The van der Waals surface area contributed by atoms with Crippen molar-refractivity contribution in [1.29, 1.82) is 0 Å². The maximum Gasteiger partial charge on any atom is 0.305 e. The van der Waals surface area contributed by atoms with E-state index < -0.39 is 0 Å². The molecule has 0 aliphatic rings. The smallest absolute Gasteiger partial charge is 0.305 e. The van der Waals surface area contributed by atoms with Gasteiger partial charge < -0.3 is 4.74 Å². The molecule has 0 aliphatic heterocycles. The Kier molecular flexibility index (Phi) is 7.34. The van der Waals surface area contributed by atoms with E-state index in [2.05, 4.69) is 4.74 Å². The number of ether oxygens (including phenoxy) is 1. The second kappa shape index (κ2) is 8.86. The molecule has 0 N–H and O–H groups in total.